The molecule has 0 saturated carbocycles. The molecule has 1 heterocycles. The fourth-order valence-corrected chi connectivity index (χ4v) is 2.05. The lowest BCUT2D eigenvalue weighted by Crippen LogP contribution is -2.22. The van der Waals surface area contributed by atoms with Gasteiger partial charge in [0.1, 0.15) is 5.60 Å². The summed E-state index contributed by atoms with van der Waals surface area (Å²) in [6.07, 6.45) is 4.90. The second kappa shape index (κ2) is 5.96. The largest absolute Gasteiger partial charge is 0.457 e. The number of thiazole rings is 1. The van der Waals surface area contributed by atoms with E-state index >= 15 is 0 Å². The van der Waals surface area contributed by atoms with Crippen LogP contribution in [0.5, 0.6) is 0 Å². The number of carbonyl (C=O) groups excluding carboxylic acids is 1. The van der Waals surface area contributed by atoms with Crippen molar-refractivity contribution in [3.05, 3.63) is 28.2 Å². The predicted molar refractivity (Wildman–Crippen MR) is 70.2 cm³/mol. The van der Waals surface area contributed by atoms with E-state index in [1.165, 1.54) is 6.08 Å². The van der Waals surface area contributed by atoms with E-state index in [4.69, 9.17) is 4.74 Å². The molecule has 1 aromatic heterocycles. The number of carbonyl (C=O) groups is 1. The van der Waals surface area contributed by atoms with E-state index in [0.29, 0.717) is 6.42 Å². The number of ether oxygens (including phenoxy) is 1. The molecule has 0 amide bonds. The molecule has 1 rings (SSSR count). The van der Waals surface area contributed by atoms with Crippen molar-refractivity contribution in [2.24, 2.45) is 0 Å². The summed E-state index contributed by atoms with van der Waals surface area (Å²) in [4.78, 5) is 15.8. The van der Waals surface area contributed by atoms with E-state index in [-0.39, 0.29) is 5.97 Å². The zero-order valence-electron chi connectivity index (χ0n) is 10.8. The van der Waals surface area contributed by atoms with Gasteiger partial charge in [0.05, 0.1) is 10.7 Å². The van der Waals surface area contributed by atoms with E-state index in [1.807, 2.05) is 20.8 Å². The summed E-state index contributed by atoms with van der Waals surface area (Å²) in [5.74, 6) is -0.301. The number of hydrogen-bond donors (Lipinski definition) is 0. The van der Waals surface area contributed by atoms with Crippen molar-refractivity contribution in [2.45, 2.75) is 46.1 Å². The Labute approximate surface area is 107 Å². The molecule has 3 nitrogen and oxygen atoms in total. The van der Waals surface area contributed by atoms with Crippen molar-refractivity contribution in [3.63, 3.8) is 0 Å². The molecule has 1 aromatic rings. The number of aryl methyl sites for hydroxylation is 1. The summed E-state index contributed by atoms with van der Waals surface area (Å²) < 4.78 is 5.16. The third-order valence-corrected chi connectivity index (χ3v) is 2.83. The van der Waals surface area contributed by atoms with Gasteiger partial charge in [0.2, 0.25) is 0 Å². The molecule has 0 aromatic carbocycles. The lowest BCUT2D eigenvalue weighted by Gasteiger charge is -2.17. The van der Waals surface area contributed by atoms with Gasteiger partial charge in [0.15, 0.2) is 0 Å². The Hall–Kier alpha value is -1.16. The first kappa shape index (κ1) is 13.9. The average Bonchev–Trinajstić information content (AvgIpc) is 2.63. The van der Waals surface area contributed by atoms with Crippen molar-refractivity contribution in [2.75, 3.05) is 0 Å². The summed E-state index contributed by atoms with van der Waals surface area (Å²) in [5, 5.41) is 3.08. The quantitative estimate of drug-likeness (QED) is 0.611. The average molecular weight is 253 g/mol. The van der Waals surface area contributed by atoms with Gasteiger partial charge in [0, 0.05) is 17.9 Å². The van der Waals surface area contributed by atoms with E-state index in [2.05, 4.69) is 17.3 Å². The number of esters is 1. The fourth-order valence-electron chi connectivity index (χ4n) is 1.20. The van der Waals surface area contributed by atoms with E-state index in [9.17, 15) is 4.79 Å². The smallest absolute Gasteiger partial charge is 0.330 e. The third kappa shape index (κ3) is 5.63. The van der Waals surface area contributed by atoms with Gasteiger partial charge in [-0.1, -0.05) is 13.0 Å². The third-order valence-electron chi connectivity index (χ3n) is 1.91. The van der Waals surface area contributed by atoms with Crippen LogP contribution in [0.4, 0.5) is 0 Å². The Morgan fingerprint density at radius 2 is 2.24 bits per heavy atom. The summed E-state index contributed by atoms with van der Waals surface area (Å²) in [5.41, 5.74) is 0.675. The SMILES string of the molecule is CCc1csc(C/C=C/C(=O)OC(C)(C)C)n1. The van der Waals surface area contributed by atoms with Gasteiger partial charge in [-0.2, -0.15) is 0 Å². The molecule has 0 bridgehead atoms. The molecule has 0 N–H and O–H groups in total. The monoisotopic (exact) mass is 253 g/mol. The number of hydrogen-bond acceptors (Lipinski definition) is 4. The number of nitrogens with zero attached hydrogens (tertiary/aromatic N) is 1. The molecule has 0 aliphatic rings. The van der Waals surface area contributed by atoms with Crippen LogP contribution >= 0.6 is 11.3 Å². The second-order valence-corrected chi connectivity index (χ2v) is 5.67. The van der Waals surface area contributed by atoms with Crippen molar-refractivity contribution >= 4 is 17.3 Å². The molecule has 4 heteroatoms. The molecule has 0 fully saturated rings. The molecular formula is C13H19NO2S. The zero-order chi connectivity index (χ0) is 12.9. The first-order valence-corrected chi connectivity index (χ1v) is 6.61. The molecule has 0 atom stereocenters. The lowest BCUT2D eigenvalue weighted by atomic mass is 10.2. The Balaban J connectivity index is 2.42. The normalized spacial score (nSPS) is 12.0. The molecule has 0 aliphatic carbocycles. The highest BCUT2D eigenvalue weighted by atomic mass is 32.1. The highest BCUT2D eigenvalue weighted by molar-refractivity contribution is 7.09. The molecule has 0 spiro atoms. The molecule has 17 heavy (non-hydrogen) atoms. The maximum atomic E-state index is 11.4. The van der Waals surface area contributed by atoms with Gasteiger partial charge in [0.25, 0.3) is 0 Å². The fraction of sp³-hybridized carbons (Fsp3) is 0.538. The van der Waals surface area contributed by atoms with E-state index in [1.54, 1.807) is 17.4 Å². The number of allylic oxidation sites excluding steroid dienone is 1. The van der Waals surface area contributed by atoms with Crippen LogP contribution in [0.2, 0.25) is 0 Å². The van der Waals surface area contributed by atoms with Gasteiger partial charge in [-0.05, 0) is 27.2 Å². The maximum absolute atomic E-state index is 11.4. The summed E-state index contributed by atoms with van der Waals surface area (Å²) in [6, 6.07) is 0. The van der Waals surface area contributed by atoms with Gasteiger partial charge in [-0.15, -0.1) is 11.3 Å². The topological polar surface area (TPSA) is 39.2 Å². The van der Waals surface area contributed by atoms with Crippen LogP contribution in [0.1, 0.15) is 38.4 Å². The van der Waals surface area contributed by atoms with Crippen molar-refractivity contribution in [1.29, 1.82) is 0 Å². The van der Waals surface area contributed by atoms with Crippen LogP contribution in [0.25, 0.3) is 0 Å². The van der Waals surface area contributed by atoms with Crippen molar-refractivity contribution in [3.8, 4) is 0 Å². The summed E-state index contributed by atoms with van der Waals surface area (Å²) in [6.45, 7) is 7.64. The Bertz CT molecular complexity index is 402. The van der Waals surface area contributed by atoms with Crippen LogP contribution in [0.15, 0.2) is 17.5 Å². The van der Waals surface area contributed by atoms with Crippen LogP contribution in [0, 0.1) is 0 Å². The number of rotatable bonds is 4. The van der Waals surface area contributed by atoms with Crippen LogP contribution < -0.4 is 0 Å². The predicted octanol–water partition coefficient (Wildman–Crippen LogP) is 3.15. The van der Waals surface area contributed by atoms with E-state index < -0.39 is 5.60 Å². The van der Waals surface area contributed by atoms with Crippen molar-refractivity contribution in [1.82, 2.24) is 4.98 Å². The second-order valence-electron chi connectivity index (χ2n) is 4.73. The Morgan fingerprint density at radius 3 is 2.76 bits per heavy atom. The summed E-state index contributed by atoms with van der Waals surface area (Å²) >= 11 is 1.62. The highest BCUT2D eigenvalue weighted by Crippen LogP contribution is 2.11. The highest BCUT2D eigenvalue weighted by Gasteiger charge is 2.13. The zero-order valence-corrected chi connectivity index (χ0v) is 11.6. The van der Waals surface area contributed by atoms with Gasteiger partial charge in [-0.25, -0.2) is 9.78 Å². The molecular weight excluding hydrogens is 234 g/mol. The van der Waals surface area contributed by atoms with Crippen LogP contribution in [0.3, 0.4) is 0 Å². The Morgan fingerprint density at radius 1 is 1.53 bits per heavy atom. The Kier molecular flexibility index (Phi) is 4.87. The lowest BCUT2D eigenvalue weighted by molar-refractivity contribution is -0.148. The summed E-state index contributed by atoms with van der Waals surface area (Å²) in [7, 11) is 0. The minimum absolute atomic E-state index is 0.301. The molecule has 0 radical (unpaired) electrons. The molecule has 94 valence electrons. The minimum atomic E-state index is -0.433. The first-order valence-electron chi connectivity index (χ1n) is 5.73. The van der Waals surface area contributed by atoms with Crippen molar-refractivity contribution < 1.29 is 9.53 Å². The molecule has 0 saturated heterocycles. The molecule has 0 aliphatic heterocycles. The van der Waals surface area contributed by atoms with Gasteiger partial charge in [-0.3, -0.25) is 0 Å². The van der Waals surface area contributed by atoms with E-state index in [0.717, 1.165) is 17.1 Å². The van der Waals surface area contributed by atoms with Crippen LogP contribution in [-0.4, -0.2) is 16.6 Å². The standard InChI is InChI=1S/C13H19NO2S/c1-5-10-9-17-11(14-10)7-6-8-12(15)16-13(2,3)4/h6,8-9H,5,7H2,1-4H3/b8-6+. The first-order chi connectivity index (χ1) is 7.90. The van der Waals surface area contributed by atoms with Crippen LogP contribution in [-0.2, 0) is 22.4 Å². The van der Waals surface area contributed by atoms with Gasteiger partial charge < -0.3 is 4.74 Å². The number of aromatic nitrogens is 1. The minimum Gasteiger partial charge on any atom is -0.457 e. The molecule has 0 unspecified atom stereocenters. The van der Waals surface area contributed by atoms with Gasteiger partial charge >= 0.3 is 5.97 Å². The maximum Gasteiger partial charge on any atom is 0.330 e.